The zero-order valence-electron chi connectivity index (χ0n) is 10.5. The first-order valence-electron chi connectivity index (χ1n) is 6.04. The van der Waals surface area contributed by atoms with Crippen LogP contribution in [-0.4, -0.2) is 23.3 Å². The molecule has 0 fully saturated rings. The van der Waals surface area contributed by atoms with Gasteiger partial charge in [0.05, 0.1) is 6.04 Å². The largest absolute Gasteiger partial charge is 0.372 e. The molecule has 92 valence electrons. The Morgan fingerprint density at radius 2 is 2.24 bits per heavy atom. The van der Waals surface area contributed by atoms with Crippen molar-refractivity contribution in [1.82, 2.24) is 10.2 Å². The van der Waals surface area contributed by atoms with Crippen molar-refractivity contribution in [1.29, 1.82) is 0 Å². The molecule has 1 atom stereocenters. The van der Waals surface area contributed by atoms with E-state index in [1.54, 1.807) is 0 Å². The normalized spacial score (nSPS) is 23.3. The van der Waals surface area contributed by atoms with Gasteiger partial charge >= 0.3 is 0 Å². The minimum atomic E-state index is 0.281. The monoisotopic (exact) mass is 295 g/mol. The van der Waals surface area contributed by atoms with Crippen LogP contribution in [0.15, 0.2) is 39.2 Å². The van der Waals surface area contributed by atoms with E-state index in [2.05, 4.69) is 65.3 Å². The Labute approximate surface area is 111 Å². The average Bonchev–Trinajstić information content (AvgIpc) is 2.30. The number of hydrogen-bond acceptors (Lipinski definition) is 3. The minimum Gasteiger partial charge on any atom is -0.372 e. The fraction of sp³-hybridized carbons (Fsp3) is 0.462. The first-order valence-corrected chi connectivity index (χ1v) is 6.83. The summed E-state index contributed by atoms with van der Waals surface area (Å²) in [4.78, 5) is 6.88. The summed E-state index contributed by atoms with van der Waals surface area (Å²) < 4.78 is 1.08. The van der Waals surface area contributed by atoms with Gasteiger partial charge in [0, 0.05) is 17.2 Å². The molecule has 0 aromatic rings. The van der Waals surface area contributed by atoms with E-state index >= 15 is 0 Å². The predicted octanol–water partition coefficient (Wildman–Crippen LogP) is 3.13. The number of fused-ring (bicyclic) bond motifs is 1. The second kappa shape index (κ2) is 5.08. The maximum Gasteiger partial charge on any atom is 0.136 e. The number of nitrogens with one attached hydrogen (secondary N) is 1. The third kappa shape index (κ3) is 2.46. The molecule has 0 spiro atoms. The first-order chi connectivity index (χ1) is 8.15. The smallest absolute Gasteiger partial charge is 0.136 e. The highest BCUT2D eigenvalue weighted by Crippen LogP contribution is 2.26. The highest BCUT2D eigenvalue weighted by Gasteiger charge is 2.24. The molecule has 17 heavy (non-hydrogen) atoms. The molecule has 2 heterocycles. The Kier molecular flexibility index (Phi) is 3.72. The standard InChI is InChI=1S/C13H18BrN3/c1-4-11-7-12(15-5-2)17-8-10(14)6-9(3)13(17)16-11/h6-8,11,15H,4-5H2,1-3H3. The Bertz CT molecular complexity index is 432. The Morgan fingerprint density at radius 3 is 2.88 bits per heavy atom. The number of amidine groups is 1. The maximum atomic E-state index is 4.76. The fourth-order valence-corrected chi connectivity index (χ4v) is 2.57. The van der Waals surface area contributed by atoms with Gasteiger partial charge in [0.25, 0.3) is 0 Å². The molecule has 0 saturated carbocycles. The summed E-state index contributed by atoms with van der Waals surface area (Å²) in [6, 6.07) is 0.281. The van der Waals surface area contributed by atoms with Crippen molar-refractivity contribution in [3.8, 4) is 0 Å². The van der Waals surface area contributed by atoms with Crippen molar-refractivity contribution in [3.05, 3.63) is 34.2 Å². The van der Waals surface area contributed by atoms with Crippen LogP contribution in [0.4, 0.5) is 0 Å². The number of halogens is 1. The molecule has 1 unspecified atom stereocenters. The maximum absolute atomic E-state index is 4.76. The predicted molar refractivity (Wildman–Crippen MR) is 75.9 cm³/mol. The van der Waals surface area contributed by atoms with Crippen LogP contribution in [0.25, 0.3) is 0 Å². The Balaban J connectivity index is 2.37. The van der Waals surface area contributed by atoms with Crippen molar-refractivity contribution >= 4 is 21.8 Å². The van der Waals surface area contributed by atoms with E-state index in [4.69, 9.17) is 4.99 Å². The summed E-state index contributed by atoms with van der Waals surface area (Å²) in [5.74, 6) is 2.19. The highest BCUT2D eigenvalue weighted by molar-refractivity contribution is 9.11. The van der Waals surface area contributed by atoms with Gasteiger partial charge in [-0.25, -0.2) is 0 Å². The summed E-state index contributed by atoms with van der Waals surface area (Å²) in [5, 5.41) is 3.40. The lowest BCUT2D eigenvalue weighted by Crippen LogP contribution is -2.39. The molecule has 0 amide bonds. The van der Waals surface area contributed by atoms with Gasteiger partial charge in [-0.3, -0.25) is 9.89 Å². The molecule has 0 bridgehead atoms. The number of hydrogen-bond donors (Lipinski definition) is 1. The van der Waals surface area contributed by atoms with Crippen LogP contribution < -0.4 is 5.32 Å². The van der Waals surface area contributed by atoms with Crippen LogP contribution in [-0.2, 0) is 0 Å². The van der Waals surface area contributed by atoms with Crippen LogP contribution in [0.2, 0.25) is 0 Å². The minimum absolute atomic E-state index is 0.281. The molecule has 0 aromatic carbocycles. The van der Waals surface area contributed by atoms with Crippen molar-refractivity contribution in [2.24, 2.45) is 4.99 Å². The summed E-state index contributed by atoms with van der Waals surface area (Å²) >= 11 is 3.53. The first kappa shape index (κ1) is 12.4. The van der Waals surface area contributed by atoms with Crippen LogP contribution in [0, 0.1) is 0 Å². The lowest BCUT2D eigenvalue weighted by Gasteiger charge is -2.33. The second-order valence-electron chi connectivity index (χ2n) is 4.22. The summed E-state index contributed by atoms with van der Waals surface area (Å²) in [6.45, 7) is 7.29. The van der Waals surface area contributed by atoms with E-state index in [0.29, 0.717) is 0 Å². The van der Waals surface area contributed by atoms with Gasteiger partial charge < -0.3 is 5.32 Å². The molecule has 2 aliphatic rings. The highest BCUT2D eigenvalue weighted by atomic mass is 79.9. The molecule has 0 aromatic heterocycles. The molecule has 0 saturated heterocycles. The summed E-state index contributed by atoms with van der Waals surface area (Å²) in [6.07, 6.45) is 7.40. The van der Waals surface area contributed by atoms with Crippen molar-refractivity contribution in [2.45, 2.75) is 33.2 Å². The zero-order valence-corrected chi connectivity index (χ0v) is 12.1. The van der Waals surface area contributed by atoms with E-state index in [9.17, 15) is 0 Å². The SMILES string of the molecule is CCNC1=CC(CC)N=C2C(C)=CC(Br)=CN12. The zero-order chi connectivity index (χ0) is 12.4. The molecule has 4 heteroatoms. The average molecular weight is 296 g/mol. The summed E-state index contributed by atoms with van der Waals surface area (Å²) in [7, 11) is 0. The van der Waals surface area contributed by atoms with Gasteiger partial charge in [-0.05, 0) is 53.9 Å². The molecule has 0 aliphatic carbocycles. The van der Waals surface area contributed by atoms with Crippen LogP contribution in [0.1, 0.15) is 27.2 Å². The topological polar surface area (TPSA) is 27.6 Å². The number of allylic oxidation sites excluding steroid dienone is 2. The third-order valence-corrected chi connectivity index (χ3v) is 3.30. The lowest BCUT2D eigenvalue weighted by molar-refractivity contribution is 0.554. The van der Waals surface area contributed by atoms with Gasteiger partial charge in [0.2, 0.25) is 0 Å². The van der Waals surface area contributed by atoms with Gasteiger partial charge in [-0.1, -0.05) is 6.92 Å². The second-order valence-corrected chi connectivity index (χ2v) is 5.14. The van der Waals surface area contributed by atoms with Gasteiger partial charge in [0.15, 0.2) is 0 Å². The van der Waals surface area contributed by atoms with Crippen molar-refractivity contribution in [2.75, 3.05) is 6.54 Å². The van der Waals surface area contributed by atoms with Gasteiger partial charge in [-0.2, -0.15) is 0 Å². The quantitative estimate of drug-likeness (QED) is 0.866. The van der Waals surface area contributed by atoms with E-state index < -0.39 is 0 Å². The number of aliphatic imine (C=N–C) groups is 1. The van der Waals surface area contributed by atoms with Gasteiger partial charge in [-0.15, -0.1) is 0 Å². The van der Waals surface area contributed by atoms with E-state index in [1.807, 2.05) is 0 Å². The Hall–Kier alpha value is -1.03. The van der Waals surface area contributed by atoms with E-state index in [0.717, 1.165) is 29.1 Å². The van der Waals surface area contributed by atoms with Crippen molar-refractivity contribution < 1.29 is 0 Å². The molecule has 3 nitrogen and oxygen atoms in total. The Morgan fingerprint density at radius 1 is 1.47 bits per heavy atom. The van der Waals surface area contributed by atoms with E-state index in [1.165, 1.54) is 5.57 Å². The van der Waals surface area contributed by atoms with Crippen LogP contribution in [0.3, 0.4) is 0 Å². The number of nitrogens with zero attached hydrogens (tertiary/aromatic N) is 2. The van der Waals surface area contributed by atoms with E-state index in [-0.39, 0.29) is 6.04 Å². The van der Waals surface area contributed by atoms with Gasteiger partial charge in [0.1, 0.15) is 11.7 Å². The molecule has 2 rings (SSSR count). The fourth-order valence-electron chi connectivity index (χ4n) is 2.02. The van der Waals surface area contributed by atoms with Crippen molar-refractivity contribution in [3.63, 3.8) is 0 Å². The van der Waals surface area contributed by atoms with Crippen LogP contribution >= 0.6 is 15.9 Å². The molecule has 1 N–H and O–H groups in total. The lowest BCUT2D eigenvalue weighted by atomic mass is 10.1. The number of rotatable bonds is 3. The summed E-state index contributed by atoms with van der Waals surface area (Å²) in [5.41, 5.74) is 1.20. The molecular weight excluding hydrogens is 278 g/mol. The van der Waals surface area contributed by atoms with Crippen LogP contribution in [0.5, 0.6) is 0 Å². The molecular formula is C13H18BrN3. The molecule has 0 radical (unpaired) electrons. The molecule has 2 aliphatic heterocycles. The third-order valence-electron chi connectivity index (χ3n) is 2.86.